The smallest absolute Gasteiger partial charge is 0.260 e. The molecule has 0 radical (unpaired) electrons. The van der Waals surface area contributed by atoms with E-state index in [4.69, 9.17) is 9.57 Å². The molecule has 1 fully saturated rings. The summed E-state index contributed by atoms with van der Waals surface area (Å²) in [7, 11) is 2.06. The summed E-state index contributed by atoms with van der Waals surface area (Å²) in [6, 6.07) is 23.7. The second kappa shape index (κ2) is 12.1. The average Bonchev–Trinajstić information content (AvgIpc) is 2.89. The van der Waals surface area contributed by atoms with Crippen LogP contribution in [-0.2, 0) is 22.7 Å². The van der Waals surface area contributed by atoms with Crippen molar-refractivity contribution in [1.82, 2.24) is 9.80 Å². The standard InChI is InChI=1S/C28H30FN3O3/c1-31-15-17-32(18-16-31)28(33)21-34-26-13-9-24(10-14-26)27(19-22-5-3-2-4-6-22)30-35-20-23-7-11-25(29)12-8-23/h2-14H,15-21H2,1H3/b30-27+. The molecule has 0 spiro atoms. The van der Waals surface area contributed by atoms with Crippen molar-refractivity contribution in [2.75, 3.05) is 39.8 Å². The van der Waals surface area contributed by atoms with Gasteiger partial charge >= 0.3 is 0 Å². The first kappa shape index (κ1) is 24.4. The normalized spacial score (nSPS) is 14.6. The molecule has 0 unspecified atom stereocenters. The second-order valence-electron chi connectivity index (χ2n) is 8.60. The monoisotopic (exact) mass is 475 g/mol. The number of amides is 1. The van der Waals surface area contributed by atoms with Crippen molar-refractivity contribution >= 4 is 11.6 Å². The fraction of sp³-hybridized carbons (Fsp3) is 0.286. The minimum absolute atomic E-state index is 0.00250. The van der Waals surface area contributed by atoms with Gasteiger partial charge in [0.1, 0.15) is 18.2 Å². The lowest BCUT2D eigenvalue weighted by molar-refractivity contribution is -0.134. The molecule has 1 saturated heterocycles. The van der Waals surface area contributed by atoms with Crippen molar-refractivity contribution in [3.63, 3.8) is 0 Å². The third-order valence-corrected chi connectivity index (χ3v) is 5.94. The molecular formula is C28H30FN3O3. The Bertz CT molecular complexity index is 1110. The van der Waals surface area contributed by atoms with Crippen molar-refractivity contribution in [1.29, 1.82) is 0 Å². The molecule has 0 aliphatic carbocycles. The van der Waals surface area contributed by atoms with E-state index in [1.54, 1.807) is 12.1 Å². The first-order valence-electron chi connectivity index (χ1n) is 11.7. The van der Waals surface area contributed by atoms with Crippen molar-refractivity contribution in [2.24, 2.45) is 5.16 Å². The third-order valence-electron chi connectivity index (χ3n) is 5.94. The number of piperazine rings is 1. The van der Waals surface area contributed by atoms with Crippen LogP contribution in [-0.4, -0.2) is 61.3 Å². The Morgan fingerprint density at radius 2 is 1.57 bits per heavy atom. The van der Waals surface area contributed by atoms with E-state index in [1.807, 2.05) is 59.5 Å². The van der Waals surface area contributed by atoms with E-state index in [-0.39, 0.29) is 24.9 Å². The van der Waals surface area contributed by atoms with Crippen LogP contribution in [0.3, 0.4) is 0 Å². The summed E-state index contributed by atoms with van der Waals surface area (Å²) < 4.78 is 18.9. The predicted molar refractivity (Wildman–Crippen MR) is 134 cm³/mol. The van der Waals surface area contributed by atoms with Gasteiger partial charge in [-0.25, -0.2) is 4.39 Å². The summed E-state index contributed by atoms with van der Waals surface area (Å²) in [6.07, 6.45) is 0.590. The molecule has 182 valence electrons. The van der Waals surface area contributed by atoms with Gasteiger partial charge in [0.25, 0.3) is 5.91 Å². The van der Waals surface area contributed by atoms with Crippen molar-refractivity contribution in [3.8, 4) is 5.75 Å². The van der Waals surface area contributed by atoms with Gasteiger partial charge in [-0.15, -0.1) is 0 Å². The van der Waals surface area contributed by atoms with E-state index >= 15 is 0 Å². The zero-order valence-corrected chi connectivity index (χ0v) is 19.9. The highest BCUT2D eigenvalue weighted by Gasteiger charge is 2.19. The largest absolute Gasteiger partial charge is 0.484 e. The lowest BCUT2D eigenvalue weighted by Gasteiger charge is -2.32. The summed E-state index contributed by atoms with van der Waals surface area (Å²) in [5.41, 5.74) is 3.60. The maximum absolute atomic E-state index is 13.1. The number of carbonyl (C=O) groups is 1. The summed E-state index contributed by atoms with van der Waals surface area (Å²) in [5.74, 6) is 0.347. The number of halogens is 1. The molecule has 1 amide bonds. The fourth-order valence-corrected chi connectivity index (χ4v) is 3.78. The van der Waals surface area contributed by atoms with Crippen LogP contribution in [0.5, 0.6) is 5.75 Å². The van der Waals surface area contributed by atoms with Crippen LogP contribution < -0.4 is 4.74 Å². The number of ether oxygens (including phenoxy) is 1. The summed E-state index contributed by atoms with van der Waals surface area (Å²) >= 11 is 0. The SMILES string of the molecule is CN1CCN(C(=O)COc2ccc(/C(Cc3ccccc3)=N/OCc3ccc(F)cc3)cc2)CC1. The minimum Gasteiger partial charge on any atom is -0.484 e. The van der Waals surface area contributed by atoms with Gasteiger partial charge in [-0.3, -0.25) is 4.79 Å². The first-order chi connectivity index (χ1) is 17.1. The molecule has 6 nitrogen and oxygen atoms in total. The van der Waals surface area contributed by atoms with Crippen LogP contribution in [0.25, 0.3) is 0 Å². The van der Waals surface area contributed by atoms with Crippen LogP contribution >= 0.6 is 0 Å². The van der Waals surface area contributed by atoms with Crippen molar-refractivity contribution < 1.29 is 18.8 Å². The molecule has 0 N–H and O–H groups in total. The van der Waals surface area contributed by atoms with Gasteiger partial charge in [-0.1, -0.05) is 47.6 Å². The van der Waals surface area contributed by atoms with E-state index in [2.05, 4.69) is 17.1 Å². The highest BCUT2D eigenvalue weighted by molar-refractivity contribution is 6.01. The Hall–Kier alpha value is -3.71. The Morgan fingerprint density at radius 3 is 2.26 bits per heavy atom. The number of hydrogen-bond acceptors (Lipinski definition) is 5. The lowest BCUT2D eigenvalue weighted by atomic mass is 10.0. The number of likely N-dealkylation sites (N-methyl/N-ethyl adjacent to an activating group) is 1. The van der Waals surface area contributed by atoms with Gasteiger partial charge in [-0.2, -0.15) is 0 Å². The Kier molecular flexibility index (Phi) is 8.46. The van der Waals surface area contributed by atoms with Gasteiger partial charge in [0, 0.05) is 32.6 Å². The summed E-state index contributed by atoms with van der Waals surface area (Å²) in [6.45, 7) is 3.49. The Labute approximate surface area is 205 Å². The molecule has 1 heterocycles. The Balaban J connectivity index is 1.39. The molecule has 1 aliphatic rings. The molecule has 3 aromatic rings. The van der Waals surface area contributed by atoms with E-state index in [0.29, 0.717) is 12.2 Å². The van der Waals surface area contributed by atoms with Crippen LogP contribution in [0.4, 0.5) is 4.39 Å². The summed E-state index contributed by atoms with van der Waals surface area (Å²) in [4.78, 5) is 22.1. The number of rotatable bonds is 9. The molecule has 0 saturated carbocycles. The van der Waals surface area contributed by atoms with E-state index in [9.17, 15) is 9.18 Å². The maximum Gasteiger partial charge on any atom is 0.260 e. The van der Waals surface area contributed by atoms with Gasteiger partial charge in [-0.05, 0) is 60.1 Å². The van der Waals surface area contributed by atoms with Crippen LogP contribution in [0.15, 0.2) is 84.0 Å². The summed E-state index contributed by atoms with van der Waals surface area (Å²) in [5, 5.41) is 4.40. The molecule has 3 aromatic carbocycles. The molecule has 0 aromatic heterocycles. The highest BCUT2D eigenvalue weighted by atomic mass is 19.1. The zero-order valence-electron chi connectivity index (χ0n) is 19.9. The van der Waals surface area contributed by atoms with Gasteiger partial charge in [0.15, 0.2) is 6.61 Å². The van der Waals surface area contributed by atoms with Crippen LogP contribution in [0.1, 0.15) is 16.7 Å². The average molecular weight is 476 g/mol. The molecule has 4 rings (SSSR count). The van der Waals surface area contributed by atoms with Crippen LogP contribution in [0, 0.1) is 5.82 Å². The van der Waals surface area contributed by atoms with E-state index in [1.165, 1.54) is 12.1 Å². The van der Waals surface area contributed by atoms with E-state index in [0.717, 1.165) is 48.6 Å². The fourth-order valence-electron chi connectivity index (χ4n) is 3.78. The zero-order chi connectivity index (χ0) is 24.5. The van der Waals surface area contributed by atoms with Crippen LogP contribution in [0.2, 0.25) is 0 Å². The second-order valence-corrected chi connectivity index (χ2v) is 8.60. The number of benzene rings is 3. The maximum atomic E-state index is 13.1. The third kappa shape index (κ3) is 7.39. The van der Waals surface area contributed by atoms with Crippen molar-refractivity contribution in [3.05, 3.63) is 101 Å². The Morgan fingerprint density at radius 1 is 0.886 bits per heavy atom. The van der Waals surface area contributed by atoms with Gasteiger partial charge < -0.3 is 19.4 Å². The minimum atomic E-state index is -0.283. The molecule has 1 aliphatic heterocycles. The van der Waals surface area contributed by atoms with Gasteiger partial charge in [0.2, 0.25) is 0 Å². The predicted octanol–water partition coefficient (Wildman–Crippen LogP) is 4.14. The molecule has 0 atom stereocenters. The lowest BCUT2D eigenvalue weighted by Crippen LogP contribution is -2.48. The highest BCUT2D eigenvalue weighted by Crippen LogP contribution is 2.16. The first-order valence-corrected chi connectivity index (χ1v) is 11.7. The van der Waals surface area contributed by atoms with E-state index < -0.39 is 0 Å². The van der Waals surface area contributed by atoms with Gasteiger partial charge in [0.05, 0.1) is 5.71 Å². The topological polar surface area (TPSA) is 54.4 Å². The number of carbonyl (C=O) groups excluding carboxylic acids is 1. The molecule has 35 heavy (non-hydrogen) atoms. The number of nitrogens with zero attached hydrogens (tertiary/aromatic N) is 3. The quantitative estimate of drug-likeness (QED) is 0.345. The molecule has 7 heteroatoms. The molecular weight excluding hydrogens is 445 g/mol. The number of hydrogen-bond donors (Lipinski definition) is 0. The molecule has 0 bridgehead atoms. The van der Waals surface area contributed by atoms with Crippen molar-refractivity contribution in [2.45, 2.75) is 13.0 Å². The number of oxime groups is 1.